The van der Waals surface area contributed by atoms with Crippen molar-refractivity contribution in [2.75, 3.05) is 50.9 Å². The van der Waals surface area contributed by atoms with Crippen LogP contribution in [-0.2, 0) is 14.8 Å². The Labute approximate surface area is 130 Å². The molecule has 1 heterocycles. The van der Waals surface area contributed by atoms with Gasteiger partial charge in [0.1, 0.15) is 5.82 Å². The van der Waals surface area contributed by atoms with Crippen LogP contribution in [0.5, 0.6) is 0 Å². The Bertz CT molecular complexity index is 642. The molecule has 0 aliphatic carbocycles. The molecule has 1 aromatic carbocycles. The van der Waals surface area contributed by atoms with Crippen molar-refractivity contribution in [3.05, 3.63) is 30.1 Å². The smallest absolute Gasteiger partial charge is 0.238 e. The zero-order valence-electron chi connectivity index (χ0n) is 12.7. The van der Waals surface area contributed by atoms with Crippen LogP contribution in [-0.4, -0.2) is 69.6 Å². The minimum absolute atomic E-state index is 0.168. The Hall–Kier alpha value is -1.67. The molecular weight excluding hydrogens is 309 g/mol. The first-order chi connectivity index (χ1) is 10.3. The highest BCUT2D eigenvalue weighted by Crippen LogP contribution is 2.20. The molecule has 0 saturated carbocycles. The average Bonchev–Trinajstić information content (AvgIpc) is 2.47. The molecule has 1 fully saturated rings. The molecule has 1 aliphatic heterocycles. The fraction of sp³-hybridized carbons (Fsp3) is 0.500. The average molecular weight is 329 g/mol. The number of carbonyl (C=O) groups is 1. The summed E-state index contributed by atoms with van der Waals surface area (Å²) >= 11 is 0. The van der Waals surface area contributed by atoms with Crippen LogP contribution in [0.4, 0.5) is 10.1 Å². The first kappa shape index (κ1) is 16.7. The van der Waals surface area contributed by atoms with Crippen molar-refractivity contribution in [2.45, 2.75) is 0 Å². The number of halogens is 1. The normalized spacial score (nSPS) is 16.2. The van der Waals surface area contributed by atoms with Gasteiger partial charge in [0.2, 0.25) is 15.9 Å². The third-order valence-electron chi connectivity index (χ3n) is 3.75. The fourth-order valence-corrected chi connectivity index (χ4v) is 2.66. The molecule has 0 unspecified atom stereocenters. The Morgan fingerprint density at radius 1 is 1.23 bits per heavy atom. The van der Waals surface area contributed by atoms with E-state index in [1.807, 2.05) is 4.90 Å². The number of hydrogen-bond donors (Lipinski definition) is 0. The Kier molecular flexibility index (Phi) is 5.02. The highest BCUT2D eigenvalue weighted by molar-refractivity contribution is 7.88. The van der Waals surface area contributed by atoms with Crippen LogP contribution in [0.15, 0.2) is 24.3 Å². The molecule has 6 nitrogen and oxygen atoms in total. The monoisotopic (exact) mass is 329 g/mol. The Balaban J connectivity index is 1.92. The van der Waals surface area contributed by atoms with E-state index in [0.29, 0.717) is 31.9 Å². The molecule has 0 aromatic heterocycles. The van der Waals surface area contributed by atoms with Crippen molar-refractivity contribution in [1.29, 1.82) is 0 Å². The van der Waals surface area contributed by atoms with Crippen LogP contribution < -0.4 is 4.90 Å². The first-order valence-corrected chi connectivity index (χ1v) is 8.82. The van der Waals surface area contributed by atoms with Gasteiger partial charge in [-0.3, -0.25) is 4.79 Å². The maximum Gasteiger partial charge on any atom is 0.238 e. The van der Waals surface area contributed by atoms with Crippen LogP contribution >= 0.6 is 0 Å². The minimum Gasteiger partial charge on any atom is -0.366 e. The van der Waals surface area contributed by atoms with Gasteiger partial charge in [0.05, 0.1) is 18.5 Å². The summed E-state index contributed by atoms with van der Waals surface area (Å²) in [5.74, 6) is -0.514. The molecule has 22 heavy (non-hydrogen) atoms. The standard InChI is InChI=1S/C14H20FN3O3S/c1-16(22(2,20)21)11-14(19)18-9-7-17(8-10-18)13-6-4-3-5-12(13)15/h3-6H,7-11H2,1-2H3. The van der Waals surface area contributed by atoms with Gasteiger partial charge in [-0.15, -0.1) is 0 Å². The summed E-state index contributed by atoms with van der Waals surface area (Å²) in [5, 5.41) is 0. The van der Waals surface area contributed by atoms with Crippen molar-refractivity contribution >= 4 is 21.6 Å². The zero-order valence-corrected chi connectivity index (χ0v) is 13.5. The first-order valence-electron chi connectivity index (χ1n) is 6.97. The predicted octanol–water partition coefficient (Wildman–Crippen LogP) is 0.366. The number of nitrogens with zero attached hydrogens (tertiary/aromatic N) is 3. The number of anilines is 1. The summed E-state index contributed by atoms with van der Waals surface area (Å²) in [7, 11) is -1.99. The molecular formula is C14H20FN3O3S. The van der Waals surface area contributed by atoms with Crippen LogP contribution in [0, 0.1) is 5.82 Å². The van der Waals surface area contributed by atoms with E-state index in [0.717, 1.165) is 10.6 Å². The third kappa shape index (κ3) is 3.95. The van der Waals surface area contributed by atoms with Crippen LogP contribution in [0.25, 0.3) is 0 Å². The lowest BCUT2D eigenvalue weighted by atomic mass is 10.2. The summed E-state index contributed by atoms with van der Waals surface area (Å²) < 4.78 is 37.4. The SMILES string of the molecule is CN(CC(=O)N1CCN(c2ccccc2F)CC1)S(C)(=O)=O. The molecule has 1 amide bonds. The van der Waals surface area contributed by atoms with Crippen molar-refractivity contribution in [1.82, 2.24) is 9.21 Å². The van der Waals surface area contributed by atoms with Gasteiger partial charge in [-0.05, 0) is 12.1 Å². The van der Waals surface area contributed by atoms with Crippen LogP contribution in [0.2, 0.25) is 0 Å². The Morgan fingerprint density at radius 2 is 1.82 bits per heavy atom. The number of carbonyl (C=O) groups excluding carboxylic acids is 1. The van der Waals surface area contributed by atoms with Gasteiger partial charge < -0.3 is 9.80 Å². The molecule has 2 rings (SSSR count). The summed E-state index contributed by atoms with van der Waals surface area (Å²) in [6.45, 7) is 1.78. The topological polar surface area (TPSA) is 60.9 Å². The number of sulfonamides is 1. The second kappa shape index (κ2) is 6.62. The largest absolute Gasteiger partial charge is 0.366 e. The molecule has 0 bridgehead atoms. The maximum absolute atomic E-state index is 13.7. The van der Waals surface area contributed by atoms with E-state index >= 15 is 0 Å². The third-order valence-corrected chi connectivity index (χ3v) is 5.01. The predicted molar refractivity (Wildman–Crippen MR) is 82.7 cm³/mol. The molecule has 0 spiro atoms. The van der Waals surface area contributed by atoms with Crippen LogP contribution in [0.1, 0.15) is 0 Å². The minimum atomic E-state index is -3.37. The number of para-hydroxylation sites is 1. The Morgan fingerprint density at radius 3 is 2.36 bits per heavy atom. The molecule has 0 N–H and O–H groups in total. The second-order valence-corrected chi connectivity index (χ2v) is 7.43. The fourth-order valence-electron chi connectivity index (χ4n) is 2.31. The van der Waals surface area contributed by atoms with Gasteiger partial charge in [0, 0.05) is 33.2 Å². The number of likely N-dealkylation sites (N-methyl/N-ethyl adjacent to an activating group) is 1. The summed E-state index contributed by atoms with van der Waals surface area (Å²) in [4.78, 5) is 15.6. The van der Waals surface area contributed by atoms with Gasteiger partial charge in [0.25, 0.3) is 0 Å². The van der Waals surface area contributed by atoms with E-state index < -0.39 is 10.0 Å². The summed E-state index contributed by atoms with van der Waals surface area (Å²) in [6.07, 6.45) is 1.07. The van der Waals surface area contributed by atoms with Crippen molar-refractivity contribution in [3.63, 3.8) is 0 Å². The number of piperazine rings is 1. The van der Waals surface area contributed by atoms with E-state index in [-0.39, 0.29) is 18.3 Å². The van der Waals surface area contributed by atoms with E-state index in [9.17, 15) is 17.6 Å². The number of amides is 1. The van der Waals surface area contributed by atoms with Gasteiger partial charge >= 0.3 is 0 Å². The van der Waals surface area contributed by atoms with E-state index in [1.54, 1.807) is 23.1 Å². The van der Waals surface area contributed by atoms with Gasteiger partial charge in [-0.25, -0.2) is 12.8 Å². The highest BCUT2D eigenvalue weighted by Gasteiger charge is 2.25. The lowest BCUT2D eigenvalue weighted by Gasteiger charge is -2.36. The van der Waals surface area contributed by atoms with Crippen molar-refractivity contribution < 1.29 is 17.6 Å². The number of hydrogen-bond acceptors (Lipinski definition) is 4. The second-order valence-electron chi connectivity index (χ2n) is 5.34. The van der Waals surface area contributed by atoms with Gasteiger partial charge in [0.15, 0.2) is 0 Å². The highest BCUT2D eigenvalue weighted by atomic mass is 32.2. The molecule has 8 heteroatoms. The van der Waals surface area contributed by atoms with Crippen molar-refractivity contribution in [3.8, 4) is 0 Å². The van der Waals surface area contributed by atoms with E-state index in [2.05, 4.69) is 0 Å². The maximum atomic E-state index is 13.7. The lowest BCUT2D eigenvalue weighted by Crippen LogP contribution is -2.51. The van der Waals surface area contributed by atoms with Crippen LogP contribution in [0.3, 0.4) is 0 Å². The molecule has 1 saturated heterocycles. The van der Waals surface area contributed by atoms with Gasteiger partial charge in [-0.2, -0.15) is 4.31 Å². The lowest BCUT2D eigenvalue weighted by molar-refractivity contribution is -0.131. The number of benzene rings is 1. The van der Waals surface area contributed by atoms with Gasteiger partial charge in [-0.1, -0.05) is 12.1 Å². The molecule has 0 atom stereocenters. The zero-order chi connectivity index (χ0) is 16.3. The summed E-state index contributed by atoms with van der Waals surface area (Å²) in [6, 6.07) is 6.54. The molecule has 1 aliphatic rings. The number of rotatable bonds is 4. The van der Waals surface area contributed by atoms with E-state index in [4.69, 9.17) is 0 Å². The quantitative estimate of drug-likeness (QED) is 0.801. The molecule has 1 aromatic rings. The molecule has 122 valence electrons. The molecule has 0 radical (unpaired) electrons. The van der Waals surface area contributed by atoms with Crippen molar-refractivity contribution in [2.24, 2.45) is 0 Å². The summed E-state index contributed by atoms with van der Waals surface area (Å²) in [5.41, 5.74) is 0.530. The van der Waals surface area contributed by atoms with E-state index in [1.165, 1.54) is 13.1 Å².